The average Bonchev–Trinajstić information content (AvgIpc) is 3.11. The van der Waals surface area contributed by atoms with Crippen LogP contribution in [0, 0.1) is 6.92 Å². The van der Waals surface area contributed by atoms with Crippen LogP contribution in [0.5, 0.6) is 5.75 Å². The van der Waals surface area contributed by atoms with Crippen LogP contribution in [-0.2, 0) is 12.6 Å². The molecule has 0 fully saturated rings. The third-order valence-electron chi connectivity index (χ3n) is 5.97. The zero-order chi connectivity index (χ0) is 20.7. The summed E-state index contributed by atoms with van der Waals surface area (Å²) < 4.78 is 7.80. The molecular formula is C25H23N3O2. The number of nitrogens with one attached hydrogen (secondary N) is 1. The number of carbonyl (C=O) groups is 1. The minimum absolute atomic E-state index is 0.132. The fourth-order valence-corrected chi connectivity index (χ4v) is 4.34. The van der Waals surface area contributed by atoms with Crippen LogP contribution in [0.15, 0.2) is 72.9 Å². The van der Waals surface area contributed by atoms with Crippen molar-refractivity contribution in [2.45, 2.75) is 18.9 Å². The molecule has 0 unspecified atom stereocenters. The lowest BCUT2D eigenvalue weighted by Gasteiger charge is -2.39. The Bertz CT molecular complexity index is 1240. The van der Waals surface area contributed by atoms with Crippen molar-refractivity contribution < 1.29 is 9.53 Å². The highest BCUT2D eigenvalue weighted by molar-refractivity contribution is 5.99. The van der Waals surface area contributed by atoms with Gasteiger partial charge in [0, 0.05) is 30.6 Å². The van der Waals surface area contributed by atoms with E-state index in [0.29, 0.717) is 24.5 Å². The summed E-state index contributed by atoms with van der Waals surface area (Å²) in [6.45, 7) is 2.56. The molecule has 1 aliphatic rings. The lowest BCUT2D eigenvalue weighted by atomic mass is 9.81. The van der Waals surface area contributed by atoms with Crippen LogP contribution < -0.4 is 10.1 Å². The van der Waals surface area contributed by atoms with Gasteiger partial charge >= 0.3 is 0 Å². The van der Waals surface area contributed by atoms with Crippen LogP contribution in [0.1, 0.15) is 33.7 Å². The summed E-state index contributed by atoms with van der Waals surface area (Å²) in [4.78, 5) is 18.2. The maximum absolute atomic E-state index is 13.6. The Hall–Kier alpha value is -3.60. The Kier molecular flexibility index (Phi) is 4.31. The first-order valence-electron chi connectivity index (χ1n) is 10.1. The van der Waals surface area contributed by atoms with Crippen LogP contribution in [0.4, 0.5) is 0 Å². The zero-order valence-electron chi connectivity index (χ0n) is 17.1. The largest absolute Gasteiger partial charge is 0.491 e. The van der Waals surface area contributed by atoms with Crippen molar-refractivity contribution in [3.8, 4) is 5.75 Å². The van der Waals surface area contributed by atoms with Crippen LogP contribution in [0.2, 0.25) is 0 Å². The van der Waals surface area contributed by atoms with Gasteiger partial charge in [0.25, 0.3) is 5.91 Å². The third kappa shape index (κ3) is 2.86. The van der Waals surface area contributed by atoms with Crippen molar-refractivity contribution in [2.75, 3.05) is 6.61 Å². The van der Waals surface area contributed by atoms with E-state index in [2.05, 4.69) is 41.5 Å². The van der Waals surface area contributed by atoms with Crippen LogP contribution in [0.3, 0.4) is 0 Å². The number of ether oxygens (including phenoxy) is 1. The maximum Gasteiger partial charge on any atom is 0.268 e. The average molecular weight is 397 g/mol. The lowest BCUT2D eigenvalue weighted by molar-refractivity contribution is 0.0876. The zero-order valence-corrected chi connectivity index (χ0v) is 17.1. The SMILES string of the molecule is Cc1ccc([C@@]2(NC(=O)c3cc4ccccc4n3C)CCOc3cccnc32)cc1. The van der Waals surface area contributed by atoms with Gasteiger partial charge in [0.2, 0.25) is 0 Å². The molecule has 5 rings (SSSR count). The number of aromatic nitrogens is 2. The van der Waals surface area contributed by atoms with Gasteiger partial charge in [-0.3, -0.25) is 9.78 Å². The summed E-state index contributed by atoms with van der Waals surface area (Å²) in [6, 6.07) is 22.0. The van der Waals surface area contributed by atoms with E-state index in [9.17, 15) is 4.79 Å². The molecule has 150 valence electrons. The molecule has 0 radical (unpaired) electrons. The first kappa shape index (κ1) is 18.4. The molecule has 1 aliphatic heterocycles. The number of hydrogen-bond donors (Lipinski definition) is 1. The molecule has 30 heavy (non-hydrogen) atoms. The fourth-order valence-electron chi connectivity index (χ4n) is 4.34. The van der Waals surface area contributed by atoms with Crippen molar-refractivity contribution in [3.63, 3.8) is 0 Å². The number of hydrogen-bond acceptors (Lipinski definition) is 3. The van der Waals surface area contributed by atoms with E-state index in [1.807, 2.05) is 54.1 Å². The quantitative estimate of drug-likeness (QED) is 0.560. The molecule has 1 N–H and O–H groups in total. The molecule has 0 saturated carbocycles. The van der Waals surface area contributed by atoms with Gasteiger partial charge in [-0.25, -0.2) is 0 Å². The molecule has 2 aromatic carbocycles. The summed E-state index contributed by atoms with van der Waals surface area (Å²) in [6.07, 6.45) is 2.36. The maximum atomic E-state index is 13.6. The highest BCUT2D eigenvalue weighted by atomic mass is 16.5. The minimum atomic E-state index is -0.754. The third-order valence-corrected chi connectivity index (χ3v) is 5.97. The second kappa shape index (κ2) is 7.02. The van der Waals surface area contributed by atoms with Crippen LogP contribution in [0.25, 0.3) is 10.9 Å². The lowest BCUT2D eigenvalue weighted by Crippen LogP contribution is -2.50. The summed E-state index contributed by atoms with van der Waals surface area (Å²) in [7, 11) is 1.92. The van der Waals surface area contributed by atoms with Gasteiger partial charge in [-0.15, -0.1) is 0 Å². The number of para-hydroxylation sites is 1. The molecule has 3 heterocycles. The van der Waals surface area contributed by atoms with Gasteiger partial charge in [0.05, 0.1) is 6.61 Å². The van der Waals surface area contributed by atoms with E-state index < -0.39 is 5.54 Å². The fraction of sp³-hybridized carbons (Fsp3) is 0.200. The van der Waals surface area contributed by atoms with Crippen molar-refractivity contribution in [1.82, 2.24) is 14.9 Å². The molecule has 2 aromatic heterocycles. The number of rotatable bonds is 3. The van der Waals surface area contributed by atoms with E-state index in [1.165, 1.54) is 5.56 Å². The number of carbonyl (C=O) groups excluding carboxylic acids is 1. The van der Waals surface area contributed by atoms with Crippen molar-refractivity contribution in [1.29, 1.82) is 0 Å². The van der Waals surface area contributed by atoms with Crippen molar-refractivity contribution in [3.05, 3.63) is 95.4 Å². The van der Waals surface area contributed by atoms with Gasteiger partial charge in [0.15, 0.2) is 0 Å². The number of fused-ring (bicyclic) bond motifs is 2. The minimum Gasteiger partial charge on any atom is -0.491 e. The normalized spacial score (nSPS) is 17.9. The molecule has 0 bridgehead atoms. The topological polar surface area (TPSA) is 56.2 Å². The monoisotopic (exact) mass is 397 g/mol. The molecule has 0 spiro atoms. The van der Waals surface area contributed by atoms with Crippen LogP contribution in [-0.4, -0.2) is 22.1 Å². The van der Waals surface area contributed by atoms with E-state index in [0.717, 1.165) is 22.2 Å². The first-order chi connectivity index (χ1) is 14.6. The van der Waals surface area contributed by atoms with Gasteiger partial charge in [-0.1, -0.05) is 48.0 Å². The Morgan fingerprint density at radius 2 is 1.90 bits per heavy atom. The van der Waals surface area contributed by atoms with Crippen molar-refractivity contribution in [2.24, 2.45) is 7.05 Å². The predicted molar refractivity (Wildman–Crippen MR) is 117 cm³/mol. The Balaban J connectivity index is 1.64. The first-order valence-corrected chi connectivity index (χ1v) is 10.1. The summed E-state index contributed by atoms with van der Waals surface area (Å²) in [5, 5.41) is 4.38. The molecule has 1 amide bonds. The molecule has 1 atom stereocenters. The van der Waals surface area contributed by atoms with E-state index in [4.69, 9.17) is 4.74 Å². The number of pyridine rings is 1. The van der Waals surface area contributed by atoms with Gasteiger partial charge in [0.1, 0.15) is 22.7 Å². The number of nitrogens with zero attached hydrogens (tertiary/aromatic N) is 2. The second-order valence-electron chi connectivity index (χ2n) is 7.82. The van der Waals surface area contributed by atoms with Gasteiger partial charge in [-0.2, -0.15) is 0 Å². The highest BCUT2D eigenvalue weighted by Gasteiger charge is 2.42. The molecule has 0 saturated heterocycles. The Morgan fingerprint density at radius 1 is 1.10 bits per heavy atom. The molecule has 5 heteroatoms. The molecule has 0 aliphatic carbocycles. The Labute approximate surface area is 175 Å². The van der Waals surface area contributed by atoms with E-state index >= 15 is 0 Å². The highest BCUT2D eigenvalue weighted by Crippen LogP contribution is 2.40. The molecule has 5 nitrogen and oxygen atoms in total. The second-order valence-corrected chi connectivity index (χ2v) is 7.82. The number of benzene rings is 2. The predicted octanol–water partition coefficient (Wildman–Crippen LogP) is 4.34. The smallest absolute Gasteiger partial charge is 0.268 e. The summed E-state index contributed by atoms with van der Waals surface area (Å²) >= 11 is 0. The van der Waals surface area contributed by atoms with E-state index in [1.54, 1.807) is 6.20 Å². The van der Waals surface area contributed by atoms with Crippen molar-refractivity contribution >= 4 is 16.8 Å². The van der Waals surface area contributed by atoms with Gasteiger partial charge in [-0.05, 0) is 36.8 Å². The standard InChI is InChI=1S/C25H23N3O2/c1-17-9-11-19(12-10-17)25(13-15-30-22-8-5-14-26-23(22)25)27-24(29)21-16-18-6-3-4-7-20(18)28(21)2/h3-12,14,16H,13,15H2,1-2H3,(H,27,29)/t25-/m0/s1. The molecule has 4 aromatic rings. The van der Waals surface area contributed by atoms with Crippen LogP contribution >= 0.6 is 0 Å². The summed E-state index contributed by atoms with van der Waals surface area (Å²) in [5.41, 5.74) is 3.80. The number of aryl methyl sites for hydroxylation is 2. The van der Waals surface area contributed by atoms with Gasteiger partial charge < -0.3 is 14.6 Å². The van der Waals surface area contributed by atoms with E-state index in [-0.39, 0.29) is 5.91 Å². The summed E-state index contributed by atoms with van der Waals surface area (Å²) in [5.74, 6) is 0.578. The Morgan fingerprint density at radius 3 is 2.70 bits per heavy atom. The molecular weight excluding hydrogens is 374 g/mol. The number of amides is 1.